The van der Waals surface area contributed by atoms with Gasteiger partial charge in [0.1, 0.15) is 6.33 Å². The first-order valence-electron chi connectivity index (χ1n) is 6.05. The van der Waals surface area contributed by atoms with Gasteiger partial charge in [0, 0.05) is 6.54 Å². The Hall–Kier alpha value is -2.46. The molecule has 0 spiro atoms. The molecule has 0 saturated heterocycles. The molecule has 0 amide bonds. The van der Waals surface area contributed by atoms with E-state index in [1.807, 2.05) is 42.5 Å². The molecule has 0 unspecified atom stereocenters. The predicted molar refractivity (Wildman–Crippen MR) is 75.2 cm³/mol. The summed E-state index contributed by atoms with van der Waals surface area (Å²) >= 11 is 0. The van der Waals surface area contributed by atoms with E-state index in [0.717, 1.165) is 11.3 Å². The van der Waals surface area contributed by atoms with Gasteiger partial charge in [-0.1, -0.05) is 24.3 Å². The highest BCUT2D eigenvalue weighted by atomic mass is 16.1. The Bertz CT molecular complexity index is 775. The summed E-state index contributed by atoms with van der Waals surface area (Å²) < 4.78 is 1.54. The number of aromatic nitrogens is 2. The Labute approximate surface area is 110 Å². The van der Waals surface area contributed by atoms with Crippen LogP contribution in [0.5, 0.6) is 0 Å². The summed E-state index contributed by atoms with van der Waals surface area (Å²) in [6.45, 7) is 0.491. The molecule has 1 heterocycles. The van der Waals surface area contributed by atoms with Crippen LogP contribution in [0.3, 0.4) is 0 Å². The number of hydrogen-bond donors (Lipinski definition) is 1. The number of fused-ring (bicyclic) bond motifs is 1. The van der Waals surface area contributed by atoms with Crippen molar-refractivity contribution in [3.8, 4) is 5.69 Å². The van der Waals surface area contributed by atoms with E-state index in [-0.39, 0.29) is 5.56 Å². The molecule has 94 valence electrons. The summed E-state index contributed by atoms with van der Waals surface area (Å²) in [6.07, 6.45) is 1.56. The smallest absolute Gasteiger partial charge is 0.265 e. The van der Waals surface area contributed by atoms with Crippen LogP contribution in [-0.4, -0.2) is 9.55 Å². The van der Waals surface area contributed by atoms with E-state index in [1.54, 1.807) is 17.0 Å². The molecular weight excluding hydrogens is 238 g/mol. The van der Waals surface area contributed by atoms with Crippen molar-refractivity contribution in [1.82, 2.24) is 9.55 Å². The van der Waals surface area contributed by atoms with E-state index >= 15 is 0 Å². The SMILES string of the molecule is NCc1ccc(-n2cnc3ccccc3c2=O)cc1. The van der Waals surface area contributed by atoms with Crippen LogP contribution in [0.15, 0.2) is 59.7 Å². The third-order valence-corrected chi connectivity index (χ3v) is 3.12. The second kappa shape index (κ2) is 4.66. The molecule has 1 aromatic heterocycles. The Morgan fingerprint density at radius 2 is 1.79 bits per heavy atom. The van der Waals surface area contributed by atoms with Crippen LogP contribution in [0.25, 0.3) is 16.6 Å². The van der Waals surface area contributed by atoms with Crippen LogP contribution in [0.1, 0.15) is 5.56 Å². The molecule has 3 rings (SSSR count). The lowest BCUT2D eigenvalue weighted by molar-refractivity contribution is 0.958. The lowest BCUT2D eigenvalue weighted by Crippen LogP contribution is -2.18. The molecule has 0 aliphatic heterocycles. The molecule has 0 bridgehead atoms. The van der Waals surface area contributed by atoms with Crippen molar-refractivity contribution >= 4 is 10.9 Å². The molecule has 19 heavy (non-hydrogen) atoms. The first-order chi connectivity index (χ1) is 9.29. The van der Waals surface area contributed by atoms with Gasteiger partial charge in [-0.15, -0.1) is 0 Å². The summed E-state index contributed by atoms with van der Waals surface area (Å²) in [5, 5.41) is 0.618. The van der Waals surface area contributed by atoms with E-state index in [1.165, 1.54) is 0 Å². The minimum absolute atomic E-state index is 0.0638. The van der Waals surface area contributed by atoms with Crippen LogP contribution in [-0.2, 0) is 6.54 Å². The first kappa shape index (κ1) is 11.6. The van der Waals surface area contributed by atoms with Crippen molar-refractivity contribution in [1.29, 1.82) is 0 Å². The third-order valence-electron chi connectivity index (χ3n) is 3.12. The lowest BCUT2D eigenvalue weighted by Gasteiger charge is -2.07. The van der Waals surface area contributed by atoms with E-state index in [0.29, 0.717) is 17.4 Å². The van der Waals surface area contributed by atoms with Crippen molar-refractivity contribution < 1.29 is 0 Å². The number of hydrogen-bond acceptors (Lipinski definition) is 3. The highest BCUT2D eigenvalue weighted by Crippen LogP contribution is 2.10. The summed E-state index contributed by atoms with van der Waals surface area (Å²) in [5.41, 5.74) is 8.03. The van der Waals surface area contributed by atoms with Gasteiger partial charge in [-0.05, 0) is 29.8 Å². The maximum atomic E-state index is 12.4. The van der Waals surface area contributed by atoms with Gasteiger partial charge in [0.15, 0.2) is 0 Å². The summed E-state index contributed by atoms with van der Waals surface area (Å²) in [7, 11) is 0. The average molecular weight is 251 g/mol. The second-order valence-electron chi connectivity index (χ2n) is 4.31. The average Bonchev–Trinajstić information content (AvgIpc) is 2.48. The zero-order chi connectivity index (χ0) is 13.2. The Kier molecular flexibility index (Phi) is 2.85. The van der Waals surface area contributed by atoms with Gasteiger partial charge in [0.25, 0.3) is 5.56 Å². The Balaban J connectivity index is 2.19. The minimum Gasteiger partial charge on any atom is -0.326 e. The summed E-state index contributed by atoms with van der Waals surface area (Å²) in [5.74, 6) is 0. The Morgan fingerprint density at radius 1 is 1.05 bits per heavy atom. The van der Waals surface area contributed by atoms with Crippen molar-refractivity contribution in [3.63, 3.8) is 0 Å². The molecule has 0 aliphatic carbocycles. The zero-order valence-corrected chi connectivity index (χ0v) is 10.3. The molecule has 0 fully saturated rings. The molecule has 2 N–H and O–H groups in total. The Morgan fingerprint density at radius 3 is 2.53 bits per heavy atom. The van der Waals surface area contributed by atoms with Gasteiger partial charge < -0.3 is 5.73 Å². The van der Waals surface area contributed by atoms with E-state index in [9.17, 15) is 4.79 Å². The number of nitrogens with two attached hydrogens (primary N) is 1. The maximum Gasteiger partial charge on any atom is 0.265 e. The van der Waals surface area contributed by atoms with Crippen LogP contribution in [0.2, 0.25) is 0 Å². The molecule has 0 aliphatic rings. The fraction of sp³-hybridized carbons (Fsp3) is 0.0667. The number of para-hydroxylation sites is 1. The van der Waals surface area contributed by atoms with Crippen molar-refractivity contribution in [3.05, 3.63) is 70.8 Å². The van der Waals surface area contributed by atoms with Gasteiger partial charge in [0.2, 0.25) is 0 Å². The van der Waals surface area contributed by atoms with Crippen LogP contribution >= 0.6 is 0 Å². The predicted octanol–water partition coefficient (Wildman–Crippen LogP) is 1.84. The van der Waals surface area contributed by atoms with Crippen molar-refractivity contribution in [2.24, 2.45) is 5.73 Å². The number of benzene rings is 2. The normalized spacial score (nSPS) is 10.8. The van der Waals surface area contributed by atoms with Gasteiger partial charge in [-0.25, -0.2) is 4.98 Å². The fourth-order valence-electron chi connectivity index (χ4n) is 2.05. The van der Waals surface area contributed by atoms with E-state index in [4.69, 9.17) is 5.73 Å². The quantitative estimate of drug-likeness (QED) is 0.756. The minimum atomic E-state index is -0.0638. The molecule has 4 heteroatoms. The van der Waals surface area contributed by atoms with Gasteiger partial charge in [0.05, 0.1) is 16.6 Å². The number of nitrogens with zero attached hydrogens (tertiary/aromatic N) is 2. The van der Waals surface area contributed by atoms with Crippen molar-refractivity contribution in [2.75, 3.05) is 0 Å². The highest BCUT2D eigenvalue weighted by molar-refractivity contribution is 5.77. The molecule has 3 aromatic rings. The summed E-state index contributed by atoms with van der Waals surface area (Å²) in [4.78, 5) is 16.7. The topological polar surface area (TPSA) is 60.9 Å². The summed E-state index contributed by atoms with van der Waals surface area (Å²) in [6, 6.07) is 14.9. The second-order valence-corrected chi connectivity index (χ2v) is 4.31. The van der Waals surface area contributed by atoms with Crippen LogP contribution in [0, 0.1) is 0 Å². The fourth-order valence-corrected chi connectivity index (χ4v) is 2.05. The molecule has 4 nitrogen and oxygen atoms in total. The molecule has 0 radical (unpaired) electrons. The van der Waals surface area contributed by atoms with Gasteiger partial charge >= 0.3 is 0 Å². The third kappa shape index (κ3) is 2.02. The molecule has 0 atom stereocenters. The molecule has 0 saturated carbocycles. The first-order valence-corrected chi connectivity index (χ1v) is 6.05. The van der Waals surface area contributed by atoms with Crippen LogP contribution < -0.4 is 11.3 Å². The van der Waals surface area contributed by atoms with E-state index < -0.39 is 0 Å². The standard InChI is InChI=1S/C15H13N3O/c16-9-11-5-7-12(8-6-11)18-10-17-14-4-2-1-3-13(14)15(18)19/h1-8,10H,9,16H2. The monoisotopic (exact) mass is 251 g/mol. The van der Waals surface area contributed by atoms with E-state index in [2.05, 4.69) is 4.98 Å². The van der Waals surface area contributed by atoms with Gasteiger partial charge in [-0.2, -0.15) is 0 Å². The van der Waals surface area contributed by atoms with Crippen LogP contribution in [0.4, 0.5) is 0 Å². The maximum absolute atomic E-state index is 12.4. The van der Waals surface area contributed by atoms with Gasteiger partial charge in [-0.3, -0.25) is 9.36 Å². The molecular formula is C15H13N3O. The highest BCUT2D eigenvalue weighted by Gasteiger charge is 2.04. The largest absolute Gasteiger partial charge is 0.326 e. The van der Waals surface area contributed by atoms with Crippen molar-refractivity contribution in [2.45, 2.75) is 6.54 Å². The molecule has 2 aromatic carbocycles. The lowest BCUT2D eigenvalue weighted by atomic mass is 10.2. The zero-order valence-electron chi connectivity index (χ0n) is 10.3. The number of rotatable bonds is 2.